The molecule has 0 amide bonds. The van der Waals surface area contributed by atoms with Crippen LogP contribution in [0.1, 0.15) is 30.5 Å². The van der Waals surface area contributed by atoms with Crippen LogP contribution in [0, 0.1) is 0 Å². The number of ether oxygens (including phenoxy) is 1. The van der Waals surface area contributed by atoms with E-state index in [1.165, 1.54) is 16.7 Å². The normalized spacial score (nSPS) is 11.5. The third-order valence-corrected chi connectivity index (χ3v) is 5.36. The quantitative estimate of drug-likeness (QED) is 0.420. The van der Waals surface area contributed by atoms with Gasteiger partial charge in [-0.05, 0) is 65.7 Å². The maximum Gasteiger partial charge on any atom is 0.118 e. The maximum atomic E-state index is 5.29. The molecule has 0 bridgehead atoms. The van der Waals surface area contributed by atoms with Crippen molar-refractivity contribution in [1.82, 2.24) is 4.90 Å². The van der Waals surface area contributed by atoms with E-state index in [0.717, 1.165) is 43.2 Å². The van der Waals surface area contributed by atoms with Crippen molar-refractivity contribution < 1.29 is 4.74 Å². The van der Waals surface area contributed by atoms with Crippen LogP contribution in [0.3, 0.4) is 0 Å². The Morgan fingerprint density at radius 1 is 0.833 bits per heavy atom. The predicted octanol–water partition coefficient (Wildman–Crippen LogP) is 6.04. The smallest absolute Gasteiger partial charge is 0.118 e. The minimum Gasteiger partial charge on any atom is -0.497 e. The highest BCUT2D eigenvalue weighted by Crippen LogP contribution is 2.27. The van der Waals surface area contributed by atoms with E-state index in [1.54, 1.807) is 7.11 Å². The third-order valence-electron chi connectivity index (χ3n) is 5.36. The molecule has 0 aromatic heterocycles. The fourth-order valence-electron chi connectivity index (χ4n) is 3.48. The molecule has 0 aliphatic rings. The fraction of sp³-hybridized carbons (Fsp3) is 0.259. The molecule has 0 radical (unpaired) electrons. The molecule has 0 fully saturated rings. The van der Waals surface area contributed by atoms with Crippen LogP contribution in [0.15, 0.2) is 78.9 Å². The van der Waals surface area contributed by atoms with Crippen molar-refractivity contribution in [2.24, 2.45) is 0 Å². The molecule has 0 saturated heterocycles. The lowest BCUT2D eigenvalue weighted by Gasteiger charge is -2.18. The Morgan fingerprint density at radius 2 is 1.47 bits per heavy atom. The molecule has 0 heterocycles. The minimum atomic E-state index is 0.869. The molecule has 0 atom stereocenters. The van der Waals surface area contributed by atoms with Crippen LogP contribution < -0.4 is 10.1 Å². The SMILES string of the molecule is CCN(CC)CCNc1ccc(C(=Cc2ccc(OC)cc2)c2ccccc2)cc1. The first-order chi connectivity index (χ1) is 14.7. The highest BCUT2D eigenvalue weighted by atomic mass is 16.5. The average Bonchev–Trinajstić information content (AvgIpc) is 2.82. The highest BCUT2D eigenvalue weighted by molar-refractivity contribution is 5.91. The lowest BCUT2D eigenvalue weighted by atomic mass is 9.95. The molecule has 1 N–H and O–H groups in total. The van der Waals surface area contributed by atoms with Crippen molar-refractivity contribution >= 4 is 17.3 Å². The Labute approximate surface area is 181 Å². The molecule has 0 spiro atoms. The molecule has 0 unspecified atom stereocenters. The van der Waals surface area contributed by atoms with Gasteiger partial charge in [-0.2, -0.15) is 0 Å². The molecule has 156 valence electrons. The Hall–Kier alpha value is -3.04. The van der Waals surface area contributed by atoms with Gasteiger partial charge >= 0.3 is 0 Å². The second-order valence-electron chi connectivity index (χ2n) is 7.23. The Balaban J connectivity index is 1.81. The monoisotopic (exact) mass is 400 g/mol. The van der Waals surface area contributed by atoms with Crippen molar-refractivity contribution in [3.63, 3.8) is 0 Å². The molecule has 3 aromatic rings. The molecule has 3 aromatic carbocycles. The zero-order chi connectivity index (χ0) is 21.2. The van der Waals surface area contributed by atoms with Crippen LogP contribution in [0.25, 0.3) is 11.6 Å². The van der Waals surface area contributed by atoms with E-state index < -0.39 is 0 Å². The Kier molecular flexibility index (Phi) is 8.10. The summed E-state index contributed by atoms with van der Waals surface area (Å²) in [7, 11) is 1.69. The standard InChI is InChI=1S/C27H32N2O/c1-4-29(5-2)20-19-28-25-15-13-24(14-16-25)27(23-9-7-6-8-10-23)21-22-11-17-26(30-3)18-12-22/h6-18,21,28H,4-5,19-20H2,1-3H3. The van der Waals surface area contributed by atoms with Gasteiger partial charge in [-0.25, -0.2) is 0 Å². The molecule has 30 heavy (non-hydrogen) atoms. The van der Waals surface area contributed by atoms with E-state index in [9.17, 15) is 0 Å². The minimum absolute atomic E-state index is 0.869. The van der Waals surface area contributed by atoms with E-state index in [-0.39, 0.29) is 0 Å². The van der Waals surface area contributed by atoms with Crippen LogP contribution in [-0.4, -0.2) is 38.2 Å². The summed E-state index contributed by atoms with van der Waals surface area (Å²) in [6.45, 7) is 8.61. The van der Waals surface area contributed by atoms with E-state index in [1.807, 2.05) is 12.1 Å². The average molecular weight is 401 g/mol. The van der Waals surface area contributed by atoms with Crippen LogP contribution in [0.4, 0.5) is 5.69 Å². The first kappa shape index (κ1) is 21.7. The van der Waals surface area contributed by atoms with Gasteiger partial charge in [0.05, 0.1) is 7.11 Å². The summed E-state index contributed by atoms with van der Waals surface area (Å²) >= 11 is 0. The molecule has 3 heteroatoms. The van der Waals surface area contributed by atoms with E-state index >= 15 is 0 Å². The highest BCUT2D eigenvalue weighted by Gasteiger charge is 2.06. The van der Waals surface area contributed by atoms with Crippen molar-refractivity contribution in [3.05, 3.63) is 95.6 Å². The second kappa shape index (κ2) is 11.2. The maximum absolute atomic E-state index is 5.29. The predicted molar refractivity (Wildman–Crippen MR) is 129 cm³/mol. The van der Waals surface area contributed by atoms with Gasteiger partial charge in [-0.15, -0.1) is 0 Å². The number of rotatable bonds is 10. The van der Waals surface area contributed by atoms with Gasteiger partial charge in [-0.1, -0.05) is 68.4 Å². The first-order valence-electron chi connectivity index (χ1n) is 10.7. The molecule has 0 aliphatic heterocycles. The summed E-state index contributed by atoms with van der Waals surface area (Å²) in [5, 5.41) is 3.54. The van der Waals surface area contributed by atoms with Crippen LogP contribution in [-0.2, 0) is 0 Å². The topological polar surface area (TPSA) is 24.5 Å². The van der Waals surface area contributed by atoms with Gasteiger partial charge in [0.1, 0.15) is 5.75 Å². The summed E-state index contributed by atoms with van der Waals surface area (Å²) in [6.07, 6.45) is 2.23. The van der Waals surface area contributed by atoms with Crippen LogP contribution in [0.2, 0.25) is 0 Å². The summed E-state index contributed by atoms with van der Waals surface area (Å²) in [4.78, 5) is 2.42. The van der Waals surface area contributed by atoms with Gasteiger partial charge in [-0.3, -0.25) is 0 Å². The van der Waals surface area contributed by atoms with E-state index in [0.29, 0.717) is 0 Å². The Bertz CT molecular complexity index is 911. The van der Waals surface area contributed by atoms with Gasteiger partial charge in [0, 0.05) is 18.8 Å². The number of methoxy groups -OCH3 is 1. The number of anilines is 1. The summed E-state index contributed by atoms with van der Waals surface area (Å²) in [6, 6.07) is 27.4. The number of benzene rings is 3. The fourth-order valence-corrected chi connectivity index (χ4v) is 3.48. The van der Waals surface area contributed by atoms with Crippen LogP contribution >= 0.6 is 0 Å². The van der Waals surface area contributed by atoms with Gasteiger partial charge in [0.25, 0.3) is 0 Å². The lowest BCUT2D eigenvalue weighted by molar-refractivity contribution is 0.316. The third kappa shape index (κ3) is 5.98. The number of hydrogen-bond acceptors (Lipinski definition) is 3. The van der Waals surface area contributed by atoms with Crippen molar-refractivity contribution in [3.8, 4) is 5.75 Å². The van der Waals surface area contributed by atoms with E-state index in [2.05, 4.69) is 96.9 Å². The number of nitrogens with one attached hydrogen (secondary N) is 1. The number of likely N-dealkylation sites (N-methyl/N-ethyl adjacent to an activating group) is 1. The first-order valence-corrected chi connectivity index (χ1v) is 10.7. The van der Waals surface area contributed by atoms with Crippen molar-refractivity contribution in [2.75, 3.05) is 38.6 Å². The van der Waals surface area contributed by atoms with Gasteiger partial charge in [0.15, 0.2) is 0 Å². The molecule has 0 aliphatic carbocycles. The van der Waals surface area contributed by atoms with E-state index in [4.69, 9.17) is 4.74 Å². The summed E-state index contributed by atoms with van der Waals surface area (Å²) in [5.74, 6) is 0.869. The lowest BCUT2D eigenvalue weighted by Crippen LogP contribution is -2.28. The molecule has 3 nitrogen and oxygen atoms in total. The Morgan fingerprint density at radius 3 is 2.07 bits per heavy atom. The second-order valence-corrected chi connectivity index (χ2v) is 7.23. The number of nitrogens with zero attached hydrogens (tertiary/aromatic N) is 1. The molecule has 0 saturated carbocycles. The molecular formula is C27H32N2O. The summed E-state index contributed by atoms with van der Waals surface area (Å²) < 4.78 is 5.29. The van der Waals surface area contributed by atoms with Crippen LogP contribution in [0.5, 0.6) is 5.75 Å². The number of hydrogen-bond donors (Lipinski definition) is 1. The summed E-state index contributed by atoms with van der Waals surface area (Å²) in [5.41, 5.74) is 5.91. The van der Waals surface area contributed by atoms with Crippen molar-refractivity contribution in [1.29, 1.82) is 0 Å². The zero-order valence-electron chi connectivity index (χ0n) is 18.3. The zero-order valence-corrected chi connectivity index (χ0v) is 18.3. The van der Waals surface area contributed by atoms with Gasteiger partial charge < -0.3 is 15.0 Å². The van der Waals surface area contributed by atoms with Gasteiger partial charge in [0.2, 0.25) is 0 Å². The molecular weight excluding hydrogens is 368 g/mol. The van der Waals surface area contributed by atoms with Crippen molar-refractivity contribution in [2.45, 2.75) is 13.8 Å². The molecule has 3 rings (SSSR count). The largest absolute Gasteiger partial charge is 0.497 e.